The van der Waals surface area contributed by atoms with Crippen LogP contribution in [0.5, 0.6) is 0 Å². The Kier molecular flexibility index (Phi) is 4.97. The first kappa shape index (κ1) is 12.9. The minimum absolute atomic E-state index is 0.365. The molecular formula is C12H22O2S. The number of thioether (sulfide) groups is 1. The predicted octanol–water partition coefficient (Wildman–Crippen LogP) is 3.41. The van der Waals surface area contributed by atoms with Crippen molar-refractivity contribution in [2.24, 2.45) is 11.3 Å². The number of hydrogen-bond donors (Lipinski definition) is 1. The maximum Gasteiger partial charge on any atom is 0.309 e. The highest BCUT2D eigenvalue weighted by Gasteiger charge is 2.45. The van der Waals surface area contributed by atoms with Crippen molar-refractivity contribution in [3.63, 3.8) is 0 Å². The summed E-state index contributed by atoms with van der Waals surface area (Å²) in [6, 6.07) is 0. The van der Waals surface area contributed by atoms with Gasteiger partial charge in [-0.25, -0.2) is 0 Å². The van der Waals surface area contributed by atoms with Crippen LogP contribution in [0.25, 0.3) is 0 Å². The Hall–Kier alpha value is -0.180. The largest absolute Gasteiger partial charge is 0.481 e. The Morgan fingerprint density at radius 3 is 2.73 bits per heavy atom. The second-order valence-electron chi connectivity index (χ2n) is 4.70. The number of carboxylic acids is 1. The molecule has 15 heavy (non-hydrogen) atoms. The molecular weight excluding hydrogens is 208 g/mol. The summed E-state index contributed by atoms with van der Waals surface area (Å²) in [5.74, 6) is 0.963. The summed E-state index contributed by atoms with van der Waals surface area (Å²) in [4.78, 5) is 11.4. The fourth-order valence-electron chi connectivity index (χ4n) is 2.73. The smallest absolute Gasteiger partial charge is 0.309 e. The van der Waals surface area contributed by atoms with E-state index in [2.05, 4.69) is 13.2 Å². The van der Waals surface area contributed by atoms with Gasteiger partial charge in [0.25, 0.3) is 0 Å². The standard InChI is InChI=1S/C12H22O2S/c1-10-6-5-8-12(10,11(13)14)7-3-4-9-15-2/h10H,3-9H2,1-2H3,(H,13,14). The molecule has 0 amide bonds. The second-order valence-corrected chi connectivity index (χ2v) is 5.69. The molecule has 1 saturated carbocycles. The summed E-state index contributed by atoms with van der Waals surface area (Å²) in [7, 11) is 0. The van der Waals surface area contributed by atoms with Gasteiger partial charge in [-0.05, 0) is 43.6 Å². The van der Waals surface area contributed by atoms with Crippen LogP contribution in [-0.2, 0) is 4.79 Å². The van der Waals surface area contributed by atoms with Crippen molar-refractivity contribution in [1.29, 1.82) is 0 Å². The molecule has 0 aromatic carbocycles. The van der Waals surface area contributed by atoms with Gasteiger partial charge >= 0.3 is 5.97 Å². The van der Waals surface area contributed by atoms with Gasteiger partial charge < -0.3 is 5.11 Å². The summed E-state index contributed by atoms with van der Waals surface area (Å²) in [6.07, 6.45) is 8.28. The molecule has 2 unspecified atom stereocenters. The number of hydrogen-bond acceptors (Lipinski definition) is 2. The molecule has 0 heterocycles. The van der Waals surface area contributed by atoms with E-state index in [4.69, 9.17) is 0 Å². The van der Waals surface area contributed by atoms with E-state index in [0.717, 1.165) is 44.3 Å². The zero-order valence-corrected chi connectivity index (χ0v) is 10.6. The third kappa shape index (κ3) is 2.90. The molecule has 1 N–H and O–H groups in total. The molecule has 88 valence electrons. The van der Waals surface area contributed by atoms with E-state index in [1.807, 2.05) is 11.8 Å². The average Bonchev–Trinajstić information content (AvgIpc) is 2.56. The molecule has 0 aliphatic heterocycles. The van der Waals surface area contributed by atoms with Crippen molar-refractivity contribution in [3.8, 4) is 0 Å². The maximum absolute atomic E-state index is 11.4. The molecule has 1 fully saturated rings. The number of carboxylic acid groups (broad SMARTS) is 1. The van der Waals surface area contributed by atoms with Gasteiger partial charge in [-0.3, -0.25) is 4.79 Å². The average molecular weight is 230 g/mol. The number of carbonyl (C=O) groups is 1. The van der Waals surface area contributed by atoms with Gasteiger partial charge in [0.15, 0.2) is 0 Å². The molecule has 0 aromatic heterocycles. The first-order valence-electron chi connectivity index (χ1n) is 5.86. The van der Waals surface area contributed by atoms with Crippen molar-refractivity contribution in [2.45, 2.75) is 45.4 Å². The maximum atomic E-state index is 11.4. The predicted molar refractivity (Wildman–Crippen MR) is 65.3 cm³/mol. The summed E-state index contributed by atoms with van der Waals surface area (Å²) < 4.78 is 0. The zero-order valence-electron chi connectivity index (χ0n) is 9.79. The first-order chi connectivity index (χ1) is 7.13. The lowest BCUT2D eigenvalue weighted by atomic mass is 9.75. The van der Waals surface area contributed by atoms with Crippen LogP contribution in [-0.4, -0.2) is 23.1 Å². The molecule has 1 aliphatic rings. The van der Waals surface area contributed by atoms with E-state index in [1.54, 1.807) is 0 Å². The second kappa shape index (κ2) is 5.78. The molecule has 0 bridgehead atoms. The SMILES string of the molecule is CSCCCCC1(C(=O)O)CCCC1C. The van der Waals surface area contributed by atoms with Crippen LogP contribution in [0, 0.1) is 11.3 Å². The lowest BCUT2D eigenvalue weighted by molar-refractivity contribution is -0.151. The van der Waals surface area contributed by atoms with E-state index in [-0.39, 0.29) is 0 Å². The van der Waals surface area contributed by atoms with E-state index >= 15 is 0 Å². The number of unbranched alkanes of at least 4 members (excludes halogenated alkanes) is 1. The molecule has 0 saturated heterocycles. The van der Waals surface area contributed by atoms with Crippen LogP contribution >= 0.6 is 11.8 Å². The summed E-state index contributed by atoms with van der Waals surface area (Å²) >= 11 is 1.84. The first-order valence-corrected chi connectivity index (χ1v) is 7.25. The van der Waals surface area contributed by atoms with Gasteiger partial charge in [-0.1, -0.05) is 19.8 Å². The Labute approximate surface area is 96.8 Å². The van der Waals surface area contributed by atoms with Crippen molar-refractivity contribution < 1.29 is 9.90 Å². The Bertz CT molecular complexity index is 218. The quantitative estimate of drug-likeness (QED) is 0.710. The molecule has 0 spiro atoms. The van der Waals surface area contributed by atoms with Gasteiger partial charge in [0.1, 0.15) is 0 Å². The summed E-state index contributed by atoms with van der Waals surface area (Å²) in [5, 5.41) is 9.39. The fraction of sp³-hybridized carbons (Fsp3) is 0.917. The van der Waals surface area contributed by atoms with Crippen LogP contribution in [0.4, 0.5) is 0 Å². The minimum Gasteiger partial charge on any atom is -0.481 e. The van der Waals surface area contributed by atoms with Crippen molar-refractivity contribution in [1.82, 2.24) is 0 Å². The zero-order chi connectivity index (χ0) is 11.3. The highest BCUT2D eigenvalue weighted by atomic mass is 32.2. The summed E-state index contributed by atoms with van der Waals surface area (Å²) in [6.45, 7) is 2.11. The molecule has 2 atom stereocenters. The highest BCUT2D eigenvalue weighted by molar-refractivity contribution is 7.98. The number of aliphatic carboxylic acids is 1. The topological polar surface area (TPSA) is 37.3 Å². The van der Waals surface area contributed by atoms with Crippen LogP contribution < -0.4 is 0 Å². The number of rotatable bonds is 6. The van der Waals surface area contributed by atoms with E-state index in [0.29, 0.717) is 5.92 Å². The molecule has 0 radical (unpaired) electrons. The van der Waals surface area contributed by atoms with Gasteiger partial charge in [0, 0.05) is 0 Å². The van der Waals surface area contributed by atoms with E-state index in [1.165, 1.54) is 0 Å². The van der Waals surface area contributed by atoms with E-state index in [9.17, 15) is 9.90 Å². The van der Waals surface area contributed by atoms with Gasteiger partial charge in [0.2, 0.25) is 0 Å². The summed E-state index contributed by atoms with van der Waals surface area (Å²) in [5.41, 5.74) is -0.390. The third-order valence-corrected chi connectivity index (χ3v) is 4.55. The molecule has 3 heteroatoms. The Morgan fingerprint density at radius 1 is 1.53 bits per heavy atom. The lowest BCUT2D eigenvalue weighted by Gasteiger charge is -2.29. The van der Waals surface area contributed by atoms with E-state index < -0.39 is 11.4 Å². The van der Waals surface area contributed by atoms with Gasteiger partial charge in [0.05, 0.1) is 5.41 Å². The van der Waals surface area contributed by atoms with Gasteiger partial charge in [-0.15, -0.1) is 0 Å². The normalized spacial score (nSPS) is 30.7. The van der Waals surface area contributed by atoms with Gasteiger partial charge in [-0.2, -0.15) is 11.8 Å². The van der Waals surface area contributed by atoms with Crippen LogP contribution in [0.2, 0.25) is 0 Å². The molecule has 1 aliphatic carbocycles. The van der Waals surface area contributed by atoms with Crippen LogP contribution in [0.3, 0.4) is 0 Å². The third-order valence-electron chi connectivity index (χ3n) is 3.85. The van der Waals surface area contributed by atoms with Crippen molar-refractivity contribution in [3.05, 3.63) is 0 Å². The fourth-order valence-corrected chi connectivity index (χ4v) is 3.22. The van der Waals surface area contributed by atoms with Crippen molar-refractivity contribution in [2.75, 3.05) is 12.0 Å². The molecule has 2 nitrogen and oxygen atoms in total. The minimum atomic E-state index is -0.559. The highest BCUT2D eigenvalue weighted by Crippen LogP contribution is 2.47. The Balaban J connectivity index is 2.47. The van der Waals surface area contributed by atoms with Crippen molar-refractivity contribution >= 4 is 17.7 Å². The Morgan fingerprint density at radius 2 is 2.27 bits per heavy atom. The molecule has 0 aromatic rings. The monoisotopic (exact) mass is 230 g/mol. The van der Waals surface area contributed by atoms with Crippen LogP contribution in [0.1, 0.15) is 45.4 Å². The lowest BCUT2D eigenvalue weighted by Crippen LogP contribution is -2.33. The molecule has 1 rings (SSSR count). The van der Waals surface area contributed by atoms with Crippen LogP contribution in [0.15, 0.2) is 0 Å².